The van der Waals surface area contributed by atoms with Crippen molar-refractivity contribution in [3.05, 3.63) is 29.6 Å². The summed E-state index contributed by atoms with van der Waals surface area (Å²) in [4.78, 5) is 25.7. The number of ether oxygens (including phenoxy) is 1. The molecule has 1 aliphatic rings. The lowest BCUT2D eigenvalue weighted by molar-refractivity contribution is -0.144. The van der Waals surface area contributed by atoms with E-state index in [0.29, 0.717) is 31.7 Å². The number of nitrogens with zero attached hydrogens (tertiary/aromatic N) is 1. The molecule has 0 saturated carbocycles. The molecule has 5 nitrogen and oxygen atoms in total. The number of carbonyl (C=O) groups is 2. The van der Waals surface area contributed by atoms with E-state index in [1.807, 2.05) is 6.92 Å². The van der Waals surface area contributed by atoms with Gasteiger partial charge in [0.2, 0.25) is 0 Å². The summed E-state index contributed by atoms with van der Waals surface area (Å²) in [6.45, 7) is 4.80. The van der Waals surface area contributed by atoms with Crippen LogP contribution in [0.25, 0.3) is 0 Å². The summed E-state index contributed by atoms with van der Waals surface area (Å²) >= 11 is 0. The molecule has 2 rings (SSSR count). The van der Waals surface area contributed by atoms with Gasteiger partial charge in [0.25, 0.3) is 0 Å². The SMILES string of the molecule is Cc1cccc(NC(=O)C(=O)N2CCOCCC2C)c1F. The van der Waals surface area contributed by atoms with Gasteiger partial charge in [-0.05, 0) is 31.9 Å². The molecule has 0 aromatic heterocycles. The Morgan fingerprint density at radius 3 is 2.90 bits per heavy atom. The van der Waals surface area contributed by atoms with Crippen LogP contribution in [-0.4, -0.2) is 42.5 Å². The van der Waals surface area contributed by atoms with Crippen molar-refractivity contribution in [3.8, 4) is 0 Å². The van der Waals surface area contributed by atoms with Gasteiger partial charge in [0.1, 0.15) is 5.82 Å². The van der Waals surface area contributed by atoms with Crippen molar-refractivity contribution in [2.75, 3.05) is 25.1 Å². The van der Waals surface area contributed by atoms with Crippen molar-refractivity contribution in [2.45, 2.75) is 26.3 Å². The van der Waals surface area contributed by atoms with E-state index in [1.54, 1.807) is 19.1 Å². The lowest BCUT2D eigenvalue weighted by Crippen LogP contribution is -2.45. The third-order valence-corrected chi connectivity index (χ3v) is 3.58. The predicted molar refractivity (Wildman–Crippen MR) is 76.4 cm³/mol. The van der Waals surface area contributed by atoms with Crippen LogP contribution in [0.1, 0.15) is 18.9 Å². The molecule has 1 fully saturated rings. The van der Waals surface area contributed by atoms with Gasteiger partial charge >= 0.3 is 11.8 Å². The second-order valence-electron chi connectivity index (χ2n) is 5.14. The van der Waals surface area contributed by atoms with Gasteiger partial charge in [-0.3, -0.25) is 9.59 Å². The minimum Gasteiger partial charge on any atom is -0.380 e. The van der Waals surface area contributed by atoms with Crippen LogP contribution in [0, 0.1) is 12.7 Å². The van der Waals surface area contributed by atoms with E-state index in [9.17, 15) is 14.0 Å². The molecule has 21 heavy (non-hydrogen) atoms. The van der Waals surface area contributed by atoms with E-state index in [0.717, 1.165) is 0 Å². The molecular weight excluding hydrogens is 275 g/mol. The van der Waals surface area contributed by atoms with Crippen LogP contribution in [0.5, 0.6) is 0 Å². The van der Waals surface area contributed by atoms with E-state index in [2.05, 4.69) is 5.32 Å². The fourth-order valence-corrected chi connectivity index (χ4v) is 2.25. The number of carbonyl (C=O) groups excluding carboxylic acids is 2. The fourth-order valence-electron chi connectivity index (χ4n) is 2.25. The first-order chi connectivity index (χ1) is 10.0. The first-order valence-corrected chi connectivity index (χ1v) is 6.95. The van der Waals surface area contributed by atoms with Crippen LogP contribution < -0.4 is 5.32 Å². The highest BCUT2D eigenvalue weighted by Gasteiger charge is 2.28. The topological polar surface area (TPSA) is 58.6 Å². The number of anilines is 1. The number of aryl methyl sites for hydroxylation is 1. The summed E-state index contributed by atoms with van der Waals surface area (Å²) in [5, 5.41) is 2.34. The first-order valence-electron chi connectivity index (χ1n) is 6.95. The molecule has 1 heterocycles. The molecule has 2 amide bonds. The molecule has 0 bridgehead atoms. The number of rotatable bonds is 1. The number of nitrogens with one attached hydrogen (secondary N) is 1. The van der Waals surface area contributed by atoms with Crippen molar-refractivity contribution in [2.24, 2.45) is 0 Å². The van der Waals surface area contributed by atoms with Crippen LogP contribution in [0.2, 0.25) is 0 Å². The maximum Gasteiger partial charge on any atom is 0.313 e. The zero-order valence-electron chi connectivity index (χ0n) is 12.2. The molecular formula is C15H19FN2O3. The Hall–Kier alpha value is -1.95. The maximum atomic E-state index is 13.8. The lowest BCUT2D eigenvalue weighted by atomic mass is 10.2. The average molecular weight is 294 g/mol. The standard InChI is InChI=1S/C15H19FN2O3/c1-10-4-3-5-12(13(10)16)17-14(19)15(20)18-7-9-21-8-6-11(18)2/h3-5,11H,6-9H2,1-2H3,(H,17,19). The molecule has 1 atom stereocenters. The van der Waals surface area contributed by atoms with Crippen molar-refractivity contribution >= 4 is 17.5 Å². The fraction of sp³-hybridized carbons (Fsp3) is 0.467. The Bertz CT molecular complexity index is 548. The normalized spacial score (nSPS) is 19.0. The summed E-state index contributed by atoms with van der Waals surface area (Å²) in [5.41, 5.74) is 0.434. The third-order valence-electron chi connectivity index (χ3n) is 3.58. The molecule has 1 aromatic carbocycles. The van der Waals surface area contributed by atoms with E-state index < -0.39 is 17.6 Å². The molecule has 1 saturated heterocycles. The molecule has 1 aromatic rings. The van der Waals surface area contributed by atoms with Gasteiger partial charge in [0, 0.05) is 19.2 Å². The van der Waals surface area contributed by atoms with E-state index >= 15 is 0 Å². The van der Waals surface area contributed by atoms with E-state index in [4.69, 9.17) is 4.74 Å². The maximum absolute atomic E-state index is 13.8. The lowest BCUT2D eigenvalue weighted by Gasteiger charge is -2.25. The van der Waals surface area contributed by atoms with Crippen LogP contribution in [0.4, 0.5) is 10.1 Å². The Morgan fingerprint density at radius 1 is 1.38 bits per heavy atom. The van der Waals surface area contributed by atoms with Gasteiger partial charge in [0.15, 0.2) is 0 Å². The monoisotopic (exact) mass is 294 g/mol. The van der Waals surface area contributed by atoms with Crippen molar-refractivity contribution < 1.29 is 18.7 Å². The number of hydrogen-bond acceptors (Lipinski definition) is 3. The molecule has 0 aliphatic carbocycles. The van der Waals surface area contributed by atoms with Crippen molar-refractivity contribution in [1.82, 2.24) is 4.90 Å². The highest BCUT2D eigenvalue weighted by atomic mass is 19.1. The van der Waals surface area contributed by atoms with Gasteiger partial charge in [-0.2, -0.15) is 0 Å². The zero-order valence-corrected chi connectivity index (χ0v) is 12.2. The molecule has 1 aliphatic heterocycles. The molecule has 1 N–H and O–H groups in total. The molecule has 1 unspecified atom stereocenters. The highest BCUT2D eigenvalue weighted by molar-refractivity contribution is 6.39. The number of benzene rings is 1. The smallest absolute Gasteiger partial charge is 0.313 e. The Kier molecular flexibility index (Phi) is 4.90. The van der Waals surface area contributed by atoms with Crippen molar-refractivity contribution in [1.29, 1.82) is 0 Å². The van der Waals surface area contributed by atoms with Crippen LogP contribution in [0.15, 0.2) is 18.2 Å². The second kappa shape index (κ2) is 6.67. The van der Waals surface area contributed by atoms with E-state index in [-0.39, 0.29) is 11.7 Å². The zero-order chi connectivity index (χ0) is 15.4. The molecule has 6 heteroatoms. The Balaban J connectivity index is 2.08. The molecule has 0 radical (unpaired) electrons. The summed E-state index contributed by atoms with van der Waals surface area (Å²) < 4.78 is 19.1. The van der Waals surface area contributed by atoms with Crippen LogP contribution >= 0.6 is 0 Å². The minimum absolute atomic E-state index is 0.0204. The van der Waals surface area contributed by atoms with Gasteiger partial charge in [-0.15, -0.1) is 0 Å². The first kappa shape index (κ1) is 15.4. The molecule has 0 spiro atoms. The number of hydrogen-bond donors (Lipinski definition) is 1. The van der Waals surface area contributed by atoms with Gasteiger partial charge in [-0.1, -0.05) is 12.1 Å². The van der Waals surface area contributed by atoms with Gasteiger partial charge in [-0.25, -0.2) is 4.39 Å². The summed E-state index contributed by atoms with van der Waals surface area (Å²) in [7, 11) is 0. The summed E-state index contributed by atoms with van der Waals surface area (Å²) in [6, 6.07) is 4.58. The second-order valence-corrected chi connectivity index (χ2v) is 5.14. The number of halogens is 1. The largest absolute Gasteiger partial charge is 0.380 e. The van der Waals surface area contributed by atoms with Gasteiger partial charge < -0.3 is 15.0 Å². The highest BCUT2D eigenvalue weighted by Crippen LogP contribution is 2.17. The summed E-state index contributed by atoms with van der Waals surface area (Å²) in [5.74, 6) is -2.01. The van der Waals surface area contributed by atoms with Crippen LogP contribution in [-0.2, 0) is 14.3 Å². The summed E-state index contributed by atoms with van der Waals surface area (Å²) in [6.07, 6.45) is 0.678. The van der Waals surface area contributed by atoms with Crippen LogP contribution in [0.3, 0.4) is 0 Å². The molecule has 114 valence electrons. The van der Waals surface area contributed by atoms with Crippen molar-refractivity contribution in [3.63, 3.8) is 0 Å². The average Bonchev–Trinajstić information content (AvgIpc) is 2.67. The quantitative estimate of drug-likeness (QED) is 0.802. The Morgan fingerprint density at radius 2 is 2.14 bits per heavy atom. The third kappa shape index (κ3) is 3.58. The predicted octanol–water partition coefficient (Wildman–Crippen LogP) is 1.71. The van der Waals surface area contributed by atoms with Gasteiger partial charge in [0.05, 0.1) is 12.3 Å². The number of amides is 2. The Labute approximate surface area is 123 Å². The van der Waals surface area contributed by atoms with E-state index in [1.165, 1.54) is 11.0 Å². The minimum atomic E-state index is -0.826.